The van der Waals surface area contributed by atoms with Crippen LogP contribution in [0.3, 0.4) is 0 Å². The highest BCUT2D eigenvalue weighted by Gasteiger charge is 2.23. The van der Waals surface area contributed by atoms with Crippen molar-refractivity contribution in [2.75, 3.05) is 36.4 Å². The van der Waals surface area contributed by atoms with Crippen molar-refractivity contribution in [3.63, 3.8) is 0 Å². The number of piperazine rings is 1. The first-order valence-corrected chi connectivity index (χ1v) is 11.0. The van der Waals surface area contributed by atoms with Gasteiger partial charge in [0.2, 0.25) is 11.8 Å². The molecule has 2 aromatic carbocycles. The fourth-order valence-electron chi connectivity index (χ4n) is 3.64. The van der Waals surface area contributed by atoms with Crippen LogP contribution in [0.1, 0.15) is 25.8 Å². The zero-order chi connectivity index (χ0) is 23.3. The molecule has 1 aliphatic heterocycles. The summed E-state index contributed by atoms with van der Waals surface area (Å²) in [6.45, 7) is 6.82. The van der Waals surface area contributed by atoms with Crippen LogP contribution in [-0.4, -0.2) is 47.8 Å². The Balaban J connectivity index is 1.55. The topological polar surface area (TPSA) is 95.8 Å². The zero-order valence-electron chi connectivity index (χ0n) is 18.2. The number of hydrogen-bond donors (Lipinski definition) is 1. The summed E-state index contributed by atoms with van der Waals surface area (Å²) >= 11 is 6.48. The van der Waals surface area contributed by atoms with E-state index in [1.54, 1.807) is 24.3 Å². The lowest BCUT2D eigenvalue weighted by molar-refractivity contribution is -0.384. The van der Waals surface area contributed by atoms with E-state index in [4.69, 9.17) is 11.6 Å². The van der Waals surface area contributed by atoms with Crippen LogP contribution in [0, 0.1) is 16.0 Å². The molecule has 0 spiro atoms. The second-order valence-electron chi connectivity index (χ2n) is 8.28. The number of carbonyl (C=O) groups excluding carboxylic acids is 2. The average Bonchev–Trinajstić information content (AvgIpc) is 2.74. The minimum Gasteiger partial charge on any atom is -0.367 e. The van der Waals surface area contributed by atoms with Gasteiger partial charge in [-0.3, -0.25) is 19.7 Å². The minimum absolute atomic E-state index is 0.0124. The molecule has 1 saturated heterocycles. The number of nitro groups is 1. The van der Waals surface area contributed by atoms with Crippen LogP contribution >= 0.6 is 11.6 Å². The van der Waals surface area contributed by atoms with Crippen molar-refractivity contribution >= 4 is 40.5 Å². The molecule has 0 saturated carbocycles. The maximum absolute atomic E-state index is 12.3. The number of nitro benzene ring substituents is 1. The maximum Gasteiger partial charge on any atom is 0.269 e. The van der Waals surface area contributed by atoms with Gasteiger partial charge in [0.25, 0.3) is 5.69 Å². The normalized spacial score (nSPS) is 13.9. The third kappa shape index (κ3) is 6.20. The van der Waals surface area contributed by atoms with Crippen LogP contribution in [0.4, 0.5) is 17.1 Å². The summed E-state index contributed by atoms with van der Waals surface area (Å²) in [7, 11) is 0. The first kappa shape index (κ1) is 23.5. The van der Waals surface area contributed by atoms with Gasteiger partial charge in [-0.15, -0.1) is 0 Å². The number of nitrogens with one attached hydrogen (secondary N) is 1. The number of halogens is 1. The van der Waals surface area contributed by atoms with E-state index >= 15 is 0 Å². The molecule has 0 aromatic heterocycles. The summed E-state index contributed by atoms with van der Waals surface area (Å²) in [5.74, 6) is 0.301. The number of nitrogens with zero attached hydrogens (tertiary/aromatic N) is 3. The van der Waals surface area contributed by atoms with Crippen molar-refractivity contribution in [3.05, 3.63) is 63.2 Å². The van der Waals surface area contributed by atoms with E-state index in [1.165, 1.54) is 12.1 Å². The van der Waals surface area contributed by atoms with Gasteiger partial charge >= 0.3 is 0 Å². The van der Waals surface area contributed by atoms with Gasteiger partial charge in [-0.1, -0.05) is 37.6 Å². The summed E-state index contributed by atoms with van der Waals surface area (Å²) in [4.78, 5) is 38.9. The molecule has 0 bridgehead atoms. The number of carbonyl (C=O) groups is 2. The molecule has 1 fully saturated rings. The van der Waals surface area contributed by atoms with Crippen LogP contribution in [0.25, 0.3) is 0 Å². The Morgan fingerprint density at radius 2 is 1.75 bits per heavy atom. The molecule has 2 amide bonds. The molecular formula is C23H27ClN4O4. The Labute approximate surface area is 192 Å². The van der Waals surface area contributed by atoms with Crippen LogP contribution in [0.2, 0.25) is 5.02 Å². The highest BCUT2D eigenvalue weighted by Crippen LogP contribution is 2.30. The van der Waals surface area contributed by atoms with Crippen LogP contribution < -0.4 is 10.2 Å². The molecule has 170 valence electrons. The standard InChI is InChI=1S/C23H27ClN4O4/c1-16(2)13-23(30)27-11-9-26(10-12-27)21-8-5-18(15-20(21)24)25-22(29)14-17-3-6-19(7-4-17)28(31)32/h3-8,15-16H,9-14H2,1-2H3,(H,25,29). The van der Waals surface area contributed by atoms with E-state index in [0.717, 1.165) is 5.69 Å². The predicted molar refractivity (Wildman–Crippen MR) is 125 cm³/mol. The largest absolute Gasteiger partial charge is 0.367 e. The van der Waals surface area contributed by atoms with Crippen LogP contribution in [0.15, 0.2) is 42.5 Å². The van der Waals surface area contributed by atoms with Gasteiger partial charge in [-0.2, -0.15) is 0 Å². The Hall–Kier alpha value is -3.13. The van der Waals surface area contributed by atoms with Crippen molar-refractivity contribution < 1.29 is 14.5 Å². The molecule has 9 heteroatoms. The van der Waals surface area contributed by atoms with E-state index in [2.05, 4.69) is 10.2 Å². The van der Waals surface area contributed by atoms with Crippen molar-refractivity contribution in [1.82, 2.24) is 4.90 Å². The number of benzene rings is 2. The summed E-state index contributed by atoms with van der Waals surface area (Å²) in [5.41, 5.74) is 2.12. The fourth-order valence-corrected chi connectivity index (χ4v) is 3.94. The molecule has 3 rings (SSSR count). The van der Waals surface area contributed by atoms with E-state index in [-0.39, 0.29) is 23.9 Å². The molecular weight excluding hydrogens is 432 g/mol. The van der Waals surface area contributed by atoms with Gasteiger partial charge in [0.15, 0.2) is 0 Å². The molecule has 1 aliphatic rings. The summed E-state index contributed by atoms with van der Waals surface area (Å²) < 4.78 is 0. The highest BCUT2D eigenvalue weighted by atomic mass is 35.5. The quantitative estimate of drug-likeness (QED) is 0.497. The van der Waals surface area contributed by atoms with Gasteiger partial charge in [0.05, 0.1) is 22.1 Å². The Morgan fingerprint density at radius 3 is 2.31 bits per heavy atom. The molecule has 8 nitrogen and oxygen atoms in total. The Morgan fingerprint density at radius 1 is 1.09 bits per heavy atom. The molecule has 32 heavy (non-hydrogen) atoms. The van der Waals surface area contributed by atoms with Crippen molar-refractivity contribution in [1.29, 1.82) is 0 Å². The summed E-state index contributed by atoms with van der Waals surface area (Å²) in [6.07, 6.45) is 0.665. The van der Waals surface area contributed by atoms with Gasteiger partial charge in [0.1, 0.15) is 0 Å². The van der Waals surface area contributed by atoms with Gasteiger partial charge in [0, 0.05) is 50.4 Å². The third-order valence-electron chi connectivity index (χ3n) is 5.30. The van der Waals surface area contributed by atoms with Gasteiger partial charge < -0.3 is 15.1 Å². The zero-order valence-corrected chi connectivity index (χ0v) is 19.0. The van der Waals surface area contributed by atoms with Gasteiger partial charge in [-0.25, -0.2) is 0 Å². The maximum atomic E-state index is 12.3. The molecule has 1 N–H and O–H groups in total. The van der Waals surface area contributed by atoms with E-state index in [1.807, 2.05) is 24.8 Å². The van der Waals surface area contributed by atoms with Crippen molar-refractivity contribution in [3.8, 4) is 0 Å². The number of hydrogen-bond acceptors (Lipinski definition) is 5. The first-order chi connectivity index (χ1) is 15.2. The summed E-state index contributed by atoms with van der Waals surface area (Å²) in [5, 5.41) is 14.1. The molecule has 0 aliphatic carbocycles. The molecule has 1 heterocycles. The van der Waals surface area contributed by atoms with E-state index < -0.39 is 4.92 Å². The predicted octanol–water partition coefficient (Wildman–Crippen LogP) is 4.12. The smallest absolute Gasteiger partial charge is 0.269 e. The number of non-ortho nitro benzene ring substituents is 1. The van der Waals surface area contributed by atoms with E-state index in [0.29, 0.717) is 54.8 Å². The fraction of sp³-hybridized carbons (Fsp3) is 0.391. The Kier molecular flexibility index (Phi) is 7.69. The summed E-state index contributed by atoms with van der Waals surface area (Å²) in [6, 6.07) is 11.3. The number of rotatable bonds is 7. The number of amides is 2. The van der Waals surface area contributed by atoms with Crippen LogP contribution in [0.5, 0.6) is 0 Å². The minimum atomic E-state index is -0.475. The van der Waals surface area contributed by atoms with Crippen LogP contribution in [-0.2, 0) is 16.0 Å². The van der Waals surface area contributed by atoms with Gasteiger partial charge in [-0.05, 0) is 29.7 Å². The van der Waals surface area contributed by atoms with Crippen molar-refractivity contribution in [2.45, 2.75) is 26.7 Å². The second-order valence-corrected chi connectivity index (χ2v) is 8.69. The first-order valence-electron chi connectivity index (χ1n) is 10.6. The SMILES string of the molecule is CC(C)CC(=O)N1CCN(c2ccc(NC(=O)Cc3ccc([N+](=O)[O-])cc3)cc2Cl)CC1. The lowest BCUT2D eigenvalue weighted by Crippen LogP contribution is -2.49. The lowest BCUT2D eigenvalue weighted by atomic mass is 10.1. The third-order valence-corrected chi connectivity index (χ3v) is 5.60. The van der Waals surface area contributed by atoms with E-state index in [9.17, 15) is 19.7 Å². The second kappa shape index (κ2) is 10.5. The monoisotopic (exact) mass is 458 g/mol. The molecule has 0 radical (unpaired) electrons. The lowest BCUT2D eigenvalue weighted by Gasteiger charge is -2.36. The molecule has 0 unspecified atom stereocenters. The molecule has 0 atom stereocenters. The average molecular weight is 459 g/mol. The number of anilines is 2. The van der Waals surface area contributed by atoms with Crippen molar-refractivity contribution in [2.24, 2.45) is 5.92 Å². The Bertz CT molecular complexity index is 986. The highest BCUT2D eigenvalue weighted by molar-refractivity contribution is 6.33. The molecule has 2 aromatic rings.